The van der Waals surface area contributed by atoms with Gasteiger partial charge >= 0.3 is 5.97 Å². The van der Waals surface area contributed by atoms with E-state index in [4.69, 9.17) is 5.11 Å². The maximum atomic E-state index is 10.9. The highest BCUT2D eigenvalue weighted by atomic mass is 32.1. The number of carbonyl (C=O) groups is 1. The SMILES string of the molecule is Cc1ccc(-c2nc(-c3cc(C(=O)O)cs3)cs2)c(C)c1. The molecular weight excluding hydrogens is 302 g/mol. The van der Waals surface area contributed by atoms with Gasteiger partial charge in [-0.1, -0.05) is 23.8 Å². The first-order chi connectivity index (χ1) is 10.0. The Kier molecular flexibility index (Phi) is 3.61. The van der Waals surface area contributed by atoms with Gasteiger partial charge in [0.1, 0.15) is 5.01 Å². The maximum Gasteiger partial charge on any atom is 0.336 e. The third kappa shape index (κ3) is 2.75. The van der Waals surface area contributed by atoms with E-state index in [1.165, 1.54) is 22.5 Å². The van der Waals surface area contributed by atoms with Gasteiger partial charge in [0.25, 0.3) is 0 Å². The predicted molar refractivity (Wildman–Crippen MR) is 87.3 cm³/mol. The second kappa shape index (κ2) is 5.42. The van der Waals surface area contributed by atoms with Gasteiger partial charge < -0.3 is 5.11 Å². The van der Waals surface area contributed by atoms with Crippen molar-refractivity contribution in [2.75, 3.05) is 0 Å². The van der Waals surface area contributed by atoms with Gasteiger partial charge in [-0.3, -0.25) is 0 Å². The highest BCUT2D eigenvalue weighted by Gasteiger charge is 2.12. The molecule has 0 aliphatic rings. The monoisotopic (exact) mass is 315 g/mol. The summed E-state index contributed by atoms with van der Waals surface area (Å²) in [5.74, 6) is -0.901. The Labute approximate surface area is 130 Å². The van der Waals surface area contributed by atoms with Gasteiger partial charge in [-0.15, -0.1) is 22.7 Å². The number of nitrogens with zero attached hydrogens (tertiary/aromatic N) is 1. The molecule has 0 fully saturated rings. The van der Waals surface area contributed by atoms with E-state index in [2.05, 4.69) is 37.0 Å². The Bertz CT molecular complexity index is 817. The molecule has 21 heavy (non-hydrogen) atoms. The standard InChI is InChI=1S/C16H13NO2S2/c1-9-3-4-12(10(2)5-9)15-17-13(8-21-15)14-6-11(7-20-14)16(18)19/h3-8H,1-2H3,(H,18,19). The van der Waals surface area contributed by atoms with Gasteiger partial charge in [0.2, 0.25) is 0 Å². The minimum absolute atomic E-state index is 0.316. The number of aryl methyl sites for hydroxylation is 2. The summed E-state index contributed by atoms with van der Waals surface area (Å²) in [6.07, 6.45) is 0. The Hall–Kier alpha value is -1.98. The van der Waals surface area contributed by atoms with Crippen LogP contribution in [0.25, 0.3) is 21.1 Å². The number of thiophene rings is 1. The number of hydrogen-bond acceptors (Lipinski definition) is 4. The normalized spacial score (nSPS) is 10.8. The van der Waals surface area contributed by atoms with Crippen molar-refractivity contribution in [3.63, 3.8) is 0 Å². The maximum absolute atomic E-state index is 10.9. The lowest BCUT2D eigenvalue weighted by Crippen LogP contribution is -1.91. The molecule has 0 saturated heterocycles. The van der Waals surface area contributed by atoms with Crippen LogP contribution < -0.4 is 0 Å². The quantitative estimate of drug-likeness (QED) is 0.751. The van der Waals surface area contributed by atoms with Crippen LogP contribution in [-0.2, 0) is 0 Å². The second-order valence-electron chi connectivity index (χ2n) is 4.86. The summed E-state index contributed by atoms with van der Waals surface area (Å²) < 4.78 is 0. The number of thiazole rings is 1. The topological polar surface area (TPSA) is 50.2 Å². The summed E-state index contributed by atoms with van der Waals surface area (Å²) in [4.78, 5) is 16.5. The van der Waals surface area contributed by atoms with Crippen molar-refractivity contribution < 1.29 is 9.90 Å². The third-order valence-electron chi connectivity index (χ3n) is 3.22. The molecule has 0 unspecified atom stereocenters. The van der Waals surface area contributed by atoms with Crippen molar-refractivity contribution in [1.29, 1.82) is 0 Å². The van der Waals surface area contributed by atoms with Crippen LogP contribution in [0.15, 0.2) is 35.0 Å². The van der Waals surface area contributed by atoms with E-state index in [0.717, 1.165) is 21.1 Å². The number of rotatable bonds is 3. The fourth-order valence-electron chi connectivity index (χ4n) is 2.15. The highest BCUT2D eigenvalue weighted by Crippen LogP contribution is 2.33. The van der Waals surface area contributed by atoms with Crippen LogP contribution in [0.4, 0.5) is 0 Å². The van der Waals surface area contributed by atoms with E-state index in [-0.39, 0.29) is 0 Å². The van der Waals surface area contributed by atoms with Crippen molar-refractivity contribution in [3.8, 4) is 21.1 Å². The van der Waals surface area contributed by atoms with E-state index in [9.17, 15) is 4.79 Å². The Morgan fingerprint density at radius 3 is 2.62 bits per heavy atom. The molecule has 3 rings (SSSR count). The second-order valence-corrected chi connectivity index (χ2v) is 6.63. The van der Waals surface area contributed by atoms with Crippen LogP contribution >= 0.6 is 22.7 Å². The van der Waals surface area contributed by atoms with Crippen LogP contribution in [0, 0.1) is 13.8 Å². The Balaban J connectivity index is 1.97. The van der Waals surface area contributed by atoms with Crippen LogP contribution in [-0.4, -0.2) is 16.1 Å². The zero-order chi connectivity index (χ0) is 15.0. The minimum Gasteiger partial charge on any atom is -0.478 e. The van der Waals surface area contributed by atoms with E-state index >= 15 is 0 Å². The zero-order valence-corrected chi connectivity index (χ0v) is 13.2. The molecule has 2 aromatic heterocycles. The van der Waals surface area contributed by atoms with E-state index in [1.54, 1.807) is 22.8 Å². The molecule has 3 nitrogen and oxygen atoms in total. The number of carboxylic acids is 1. The van der Waals surface area contributed by atoms with E-state index in [0.29, 0.717) is 5.56 Å². The van der Waals surface area contributed by atoms with Gasteiger partial charge in [-0.25, -0.2) is 9.78 Å². The number of benzene rings is 1. The smallest absolute Gasteiger partial charge is 0.336 e. The molecule has 0 saturated carbocycles. The summed E-state index contributed by atoms with van der Waals surface area (Å²) in [5, 5.41) is 13.6. The molecule has 1 aromatic carbocycles. The zero-order valence-electron chi connectivity index (χ0n) is 11.6. The fraction of sp³-hybridized carbons (Fsp3) is 0.125. The predicted octanol–water partition coefficient (Wildman–Crippen LogP) is 4.85. The van der Waals surface area contributed by atoms with Crippen LogP contribution in [0.1, 0.15) is 21.5 Å². The molecule has 5 heteroatoms. The van der Waals surface area contributed by atoms with E-state index < -0.39 is 5.97 Å². The molecule has 2 heterocycles. The van der Waals surface area contributed by atoms with Crippen molar-refractivity contribution in [2.24, 2.45) is 0 Å². The van der Waals surface area contributed by atoms with Gasteiger partial charge in [0, 0.05) is 16.3 Å². The lowest BCUT2D eigenvalue weighted by molar-refractivity contribution is 0.0697. The molecule has 0 radical (unpaired) electrons. The summed E-state index contributed by atoms with van der Waals surface area (Å²) in [6.45, 7) is 4.15. The first-order valence-corrected chi connectivity index (χ1v) is 8.16. The molecule has 3 aromatic rings. The number of aromatic nitrogens is 1. The van der Waals surface area contributed by atoms with Gasteiger partial charge in [-0.05, 0) is 25.5 Å². The number of aromatic carboxylic acids is 1. The van der Waals surface area contributed by atoms with Crippen LogP contribution in [0.3, 0.4) is 0 Å². The van der Waals surface area contributed by atoms with Crippen molar-refractivity contribution in [2.45, 2.75) is 13.8 Å². The van der Waals surface area contributed by atoms with E-state index in [1.807, 2.05) is 5.38 Å². The molecule has 0 aliphatic heterocycles. The molecule has 0 bridgehead atoms. The van der Waals surface area contributed by atoms with Crippen LogP contribution in [0.5, 0.6) is 0 Å². The fourth-order valence-corrected chi connectivity index (χ4v) is 3.97. The van der Waals surface area contributed by atoms with Gasteiger partial charge in [0.15, 0.2) is 0 Å². The molecule has 0 atom stereocenters. The summed E-state index contributed by atoms with van der Waals surface area (Å²) >= 11 is 2.99. The van der Waals surface area contributed by atoms with Crippen molar-refractivity contribution >= 4 is 28.6 Å². The van der Waals surface area contributed by atoms with Crippen molar-refractivity contribution in [1.82, 2.24) is 4.98 Å². The highest BCUT2D eigenvalue weighted by molar-refractivity contribution is 7.15. The largest absolute Gasteiger partial charge is 0.478 e. The molecule has 0 spiro atoms. The van der Waals surface area contributed by atoms with Gasteiger partial charge in [0.05, 0.1) is 16.1 Å². The first-order valence-electron chi connectivity index (χ1n) is 6.40. The molecular formula is C16H13NO2S2. The summed E-state index contributed by atoms with van der Waals surface area (Å²) in [6, 6.07) is 7.99. The minimum atomic E-state index is -0.901. The molecule has 106 valence electrons. The van der Waals surface area contributed by atoms with Crippen molar-refractivity contribution in [3.05, 3.63) is 51.7 Å². The average molecular weight is 315 g/mol. The first kappa shape index (κ1) is 14.0. The Morgan fingerprint density at radius 1 is 1.14 bits per heavy atom. The van der Waals surface area contributed by atoms with Gasteiger partial charge in [-0.2, -0.15) is 0 Å². The van der Waals surface area contributed by atoms with Crippen LogP contribution in [0.2, 0.25) is 0 Å². The number of hydrogen-bond donors (Lipinski definition) is 1. The summed E-state index contributed by atoms with van der Waals surface area (Å²) in [7, 11) is 0. The third-order valence-corrected chi connectivity index (χ3v) is 5.04. The summed E-state index contributed by atoms with van der Waals surface area (Å²) in [5.41, 5.74) is 4.72. The molecule has 0 aliphatic carbocycles. The average Bonchev–Trinajstić information content (AvgIpc) is 3.07. The number of carboxylic acid groups (broad SMARTS) is 1. The lowest BCUT2D eigenvalue weighted by atomic mass is 10.1. The lowest BCUT2D eigenvalue weighted by Gasteiger charge is -2.02. The Morgan fingerprint density at radius 2 is 1.95 bits per heavy atom. The molecule has 0 amide bonds. The molecule has 1 N–H and O–H groups in total.